The lowest BCUT2D eigenvalue weighted by Crippen LogP contribution is -2.36. The van der Waals surface area contributed by atoms with Gasteiger partial charge in [-0.05, 0) is 30.5 Å². The van der Waals surface area contributed by atoms with E-state index in [2.05, 4.69) is 15.3 Å². The van der Waals surface area contributed by atoms with Crippen molar-refractivity contribution < 1.29 is 4.79 Å². The molecule has 1 fully saturated rings. The zero-order chi connectivity index (χ0) is 19.2. The van der Waals surface area contributed by atoms with Gasteiger partial charge in [0.15, 0.2) is 5.16 Å². The van der Waals surface area contributed by atoms with Crippen molar-refractivity contribution in [3.8, 4) is 0 Å². The molecule has 27 heavy (non-hydrogen) atoms. The van der Waals surface area contributed by atoms with E-state index in [0.717, 1.165) is 30.0 Å². The van der Waals surface area contributed by atoms with Crippen LogP contribution in [0, 0.1) is 0 Å². The van der Waals surface area contributed by atoms with Crippen molar-refractivity contribution in [3.05, 3.63) is 46.6 Å². The molecule has 1 saturated carbocycles. The van der Waals surface area contributed by atoms with E-state index >= 15 is 0 Å². The van der Waals surface area contributed by atoms with Gasteiger partial charge in [-0.1, -0.05) is 54.8 Å². The Balaban J connectivity index is 1.57. The molecule has 1 aliphatic carbocycles. The third-order valence-electron chi connectivity index (χ3n) is 4.64. The minimum absolute atomic E-state index is 0.0231. The third-order valence-corrected chi connectivity index (χ3v) is 5.76. The molecule has 3 rings (SSSR count). The van der Waals surface area contributed by atoms with Gasteiger partial charge in [0, 0.05) is 37.5 Å². The van der Waals surface area contributed by atoms with Crippen LogP contribution in [-0.2, 0) is 5.75 Å². The Morgan fingerprint density at radius 3 is 2.56 bits per heavy atom. The zero-order valence-corrected chi connectivity index (χ0v) is 17.3. The number of carbonyl (C=O) groups excluding carboxylic acids is 1. The SMILES string of the molecule is CN(C)c1cc(Cl)nc(SCc2ccc(C(=O)NC3CCCCC3)cc2)n1. The van der Waals surface area contributed by atoms with E-state index in [4.69, 9.17) is 11.6 Å². The van der Waals surface area contributed by atoms with Crippen molar-refractivity contribution in [3.63, 3.8) is 0 Å². The number of nitrogens with one attached hydrogen (secondary N) is 1. The fraction of sp³-hybridized carbons (Fsp3) is 0.450. The normalized spacial score (nSPS) is 14.8. The summed E-state index contributed by atoms with van der Waals surface area (Å²) >= 11 is 7.60. The summed E-state index contributed by atoms with van der Waals surface area (Å²) in [5.41, 5.74) is 1.83. The van der Waals surface area contributed by atoms with Gasteiger partial charge in [0.2, 0.25) is 0 Å². The van der Waals surface area contributed by atoms with Crippen molar-refractivity contribution in [2.75, 3.05) is 19.0 Å². The van der Waals surface area contributed by atoms with E-state index < -0.39 is 0 Å². The number of rotatable bonds is 6. The van der Waals surface area contributed by atoms with Gasteiger partial charge in [-0.15, -0.1) is 0 Å². The molecule has 0 radical (unpaired) electrons. The molecule has 144 valence electrons. The lowest BCUT2D eigenvalue weighted by Gasteiger charge is -2.22. The Morgan fingerprint density at radius 1 is 1.19 bits per heavy atom. The van der Waals surface area contributed by atoms with Gasteiger partial charge in [0.05, 0.1) is 0 Å². The molecule has 1 aromatic heterocycles. The van der Waals surface area contributed by atoms with Crippen LogP contribution in [0.5, 0.6) is 0 Å². The smallest absolute Gasteiger partial charge is 0.251 e. The first-order valence-electron chi connectivity index (χ1n) is 9.26. The largest absolute Gasteiger partial charge is 0.363 e. The maximum absolute atomic E-state index is 12.4. The number of nitrogens with zero attached hydrogens (tertiary/aromatic N) is 3. The van der Waals surface area contributed by atoms with Crippen LogP contribution in [0.1, 0.15) is 48.0 Å². The molecule has 1 aromatic carbocycles. The van der Waals surface area contributed by atoms with Gasteiger partial charge < -0.3 is 10.2 Å². The maximum Gasteiger partial charge on any atom is 0.251 e. The molecule has 1 N–H and O–H groups in total. The number of benzene rings is 1. The number of anilines is 1. The Hall–Kier alpha value is -1.79. The van der Waals surface area contributed by atoms with Crippen LogP contribution in [0.2, 0.25) is 5.15 Å². The van der Waals surface area contributed by atoms with Crippen LogP contribution in [0.15, 0.2) is 35.5 Å². The fourth-order valence-electron chi connectivity index (χ4n) is 3.09. The highest BCUT2D eigenvalue weighted by Gasteiger charge is 2.16. The van der Waals surface area contributed by atoms with Crippen LogP contribution in [0.25, 0.3) is 0 Å². The van der Waals surface area contributed by atoms with Crippen molar-refractivity contribution in [1.29, 1.82) is 0 Å². The zero-order valence-electron chi connectivity index (χ0n) is 15.7. The first kappa shape index (κ1) is 20.0. The first-order chi connectivity index (χ1) is 13.0. The summed E-state index contributed by atoms with van der Waals surface area (Å²) in [4.78, 5) is 23.0. The molecule has 0 aliphatic heterocycles. The Kier molecular flexibility index (Phi) is 6.96. The molecule has 0 bridgehead atoms. The van der Waals surface area contributed by atoms with Crippen molar-refractivity contribution >= 4 is 35.1 Å². The Bertz CT molecular complexity index is 776. The second kappa shape index (κ2) is 9.42. The number of hydrogen-bond donors (Lipinski definition) is 1. The molecule has 1 heterocycles. The topological polar surface area (TPSA) is 58.1 Å². The number of hydrogen-bond acceptors (Lipinski definition) is 5. The van der Waals surface area contributed by atoms with Crippen LogP contribution < -0.4 is 10.2 Å². The number of halogens is 1. The quantitative estimate of drug-likeness (QED) is 0.434. The van der Waals surface area contributed by atoms with E-state index in [9.17, 15) is 4.79 Å². The van der Waals surface area contributed by atoms with Gasteiger partial charge >= 0.3 is 0 Å². The van der Waals surface area contributed by atoms with Crippen molar-refractivity contribution in [2.24, 2.45) is 0 Å². The maximum atomic E-state index is 12.4. The van der Waals surface area contributed by atoms with Gasteiger partial charge in [-0.25, -0.2) is 9.97 Å². The summed E-state index contributed by atoms with van der Waals surface area (Å²) in [6.07, 6.45) is 5.89. The van der Waals surface area contributed by atoms with E-state index in [0.29, 0.717) is 21.9 Å². The van der Waals surface area contributed by atoms with Crippen LogP contribution in [0.3, 0.4) is 0 Å². The standard InChI is InChI=1S/C20H25ClN4OS/c1-25(2)18-12-17(21)23-20(24-18)27-13-14-8-10-15(11-9-14)19(26)22-16-6-4-3-5-7-16/h8-12,16H,3-7,13H2,1-2H3,(H,22,26). The average Bonchev–Trinajstić information content (AvgIpc) is 2.67. The van der Waals surface area contributed by atoms with E-state index in [-0.39, 0.29) is 5.91 Å². The highest BCUT2D eigenvalue weighted by atomic mass is 35.5. The molecule has 7 heteroatoms. The molecule has 0 unspecified atom stereocenters. The van der Waals surface area contributed by atoms with E-state index in [1.54, 1.807) is 6.07 Å². The van der Waals surface area contributed by atoms with Crippen LogP contribution >= 0.6 is 23.4 Å². The second-order valence-electron chi connectivity index (χ2n) is 7.02. The van der Waals surface area contributed by atoms with Gasteiger partial charge in [-0.3, -0.25) is 4.79 Å². The summed E-state index contributed by atoms with van der Waals surface area (Å²) in [6.45, 7) is 0. The number of aromatic nitrogens is 2. The summed E-state index contributed by atoms with van der Waals surface area (Å²) < 4.78 is 0. The second-order valence-corrected chi connectivity index (χ2v) is 8.35. The van der Waals surface area contributed by atoms with E-state index in [1.807, 2.05) is 43.3 Å². The lowest BCUT2D eigenvalue weighted by molar-refractivity contribution is 0.0927. The highest BCUT2D eigenvalue weighted by Crippen LogP contribution is 2.24. The molecule has 2 aromatic rings. The monoisotopic (exact) mass is 404 g/mol. The van der Waals surface area contributed by atoms with Crippen LogP contribution in [-0.4, -0.2) is 36.0 Å². The minimum Gasteiger partial charge on any atom is -0.363 e. The summed E-state index contributed by atoms with van der Waals surface area (Å²) in [7, 11) is 3.84. The summed E-state index contributed by atoms with van der Waals surface area (Å²) in [5.74, 6) is 1.53. The predicted octanol–water partition coefficient (Wildman–Crippen LogP) is 4.55. The summed E-state index contributed by atoms with van der Waals surface area (Å²) in [5, 5.41) is 4.23. The molecule has 0 atom stereocenters. The molecule has 1 amide bonds. The molecule has 0 spiro atoms. The molecule has 5 nitrogen and oxygen atoms in total. The third kappa shape index (κ3) is 5.84. The van der Waals surface area contributed by atoms with Gasteiger partial charge in [-0.2, -0.15) is 0 Å². The van der Waals surface area contributed by atoms with Crippen LogP contribution in [0.4, 0.5) is 5.82 Å². The van der Waals surface area contributed by atoms with Crippen molar-refractivity contribution in [2.45, 2.75) is 49.1 Å². The number of thioether (sulfide) groups is 1. The minimum atomic E-state index is 0.0231. The molecule has 1 aliphatic rings. The molecular weight excluding hydrogens is 380 g/mol. The predicted molar refractivity (Wildman–Crippen MR) is 112 cm³/mol. The molecule has 0 saturated heterocycles. The molecular formula is C20H25ClN4OS. The Morgan fingerprint density at radius 2 is 1.89 bits per heavy atom. The number of carbonyl (C=O) groups is 1. The first-order valence-corrected chi connectivity index (χ1v) is 10.6. The Labute approximate surface area is 169 Å². The van der Waals surface area contributed by atoms with Gasteiger partial charge in [0.25, 0.3) is 5.91 Å². The average molecular weight is 405 g/mol. The number of amides is 1. The van der Waals surface area contributed by atoms with Crippen molar-refractivity contribution in [1.82, 2.24) is 15.3 Å². The van der Waals surface area contributed by atoms with E-state index in [1.165, 1.54) is 31.0 Å². The van der Waals surface area contributed by atoms with Gasteiger partial charge in [0.1, 0.15) is 11.0 Å². The highest BCUT2D eigenvalue weighted by molar-refractivity contribution is 7.98. The fourth-order valence-corrected chi connectivity index (χ4v) is 4.13. The summed E-state index contributed by atoms with van der Waals surface area (Å²) in [6, 6.07) is 9.81. The lowest BCUT2D eigenvalue weighted by atomic mass is 9.95.